The molecule has 1 aromatic rings. The van der Waals surface area contributed by atoms with Crippen LogP contribution >= 0.6 is 11.8 Å². The lowest BCUT2D eigenvalue weighted by Crippen LogP contribution is -2.38. The zero-order valence-electron chi connectivity index (χ0n) is 11.3. The molecule has 20 heavy (non-hydrogen) atoms. The second-order valence-electron chi connectivity index (χ2n) is 4.67. The highest BCUT2D eigenvalue weighted by molar-refractivity contribution is 7.99. The Kier molecular flexibility index (Phi) is 5.31. The average molecular weight is 317 g/mol. The van der Waals surface area contributed by atoms with Crippen molar-refractivity contribution in [2.24, 2.45) is 0 Å². The smallest absolute Gasteiger partial charge is 0.240 e. The summed E-state index contributed by atoms with van der Waals surface area (Å²) in [4.78, 5) is 0.165. The summed E-state index contributed by atoms with van der Waals surface area (Å²) in [5, 5.41) is 9.26. The van der Waals surface area contributed by atoms with E-state index in [9.17, 15) is 13.5 Å². The Morgan fingerprint density at radius 2 is 2.30 bits per heavy atom. The van der Waals surface area contributed by atoms with E-state index in [0.29, 0.717) is 11.3 Å². The van der Waals surface area contributed by atoms with Crippen molar-refractivity contribution in [1.29, 1.82) is 0 Å². The van der Waals surface area contributed by atoms with Gasteiger partial charge in [-0.25, -0.2) is 13.1 Å². The Balaban J connectivity index is 2.20. The zero-order valence-corrected chi connectivity index (χ0v) is 13.0. The van der Waals surface area contributed by atoms with E-state index in [1.165, 1.54) is 19.2 Å². The third kappa shape index (κ3) is 3.66. The highest BCUT2D eigenvalue weighted by Crippen LogP contribution is 2.24. The molecule has 112 valence electrons. The summed E-state index contributed by atoms with van der Waals surface area (Å²) < 4.78 is 32.5. The van der Waals surface area contributed by atoms with Crippen molar-refractivity contribution in [1.82, 2.24) is 4.72 Å². The molecule has 1 aliphatic heterocycles. The summed E-state index contributed by atoms with van der Waals surface area (Å²) in [6.45, 7) is -0.258. The van der Waals surface area contributed by atoms with E-state index in [0.717, 1.165) is 24.3 Å². The highest BCUT2D eigenvalue weighted by Gasteiger charge is 2.22. The Labute approximate surface area is 123 Å². The van der Waals surface area contributed by atoms with Gasteiger partial charge in [0.15, 0.2) is 0 Å². The number of benzene rings is 1. The Morgan fingerprint density at radius 3 is 2.90 bits per heavy atom. The molecule has 0 saturated carbocycles. The number of methoxy groups -OCH3 is 1. The van der Waals surface area contributed by atoms with Crippen LogP contribution in [-0.4, -0.2) is 38.2 Å². The quantitative estimate of drug-likeness (QED) is 0.857. The fraction of sp³-hybridized carbons (Fsp3) is 0.538. The van der Waals surface area contributed by atoms with Crippen LogP contribution in [0, 0.1) is 0 Å². The molecule has 0 bridgehead atoms. The minimum absolute atomic E-state index is 0.0153. The minimum Gasteiger partial charge on any atom is -0.496 e. The van der Waals surface area contributed by atoms with Gasteiger partial charge in [-0.15, -0.1) is 0 Å². The fourth-order valence-corrected chi connectivity index (χ4v) is 4.66. The van der Waals surface area contributed by atoms with Crippen LogP contribution in [0.15, 0.2) is 23.1 Å². The number of hydrogen-bond donors (Lipinski definition) is 2. The molecule has 1 saturated heterocycles. The summed E-state index contributed by atoms with van der Waals surface area (Å²) in [5.41, 5.74) is 0.466. The number of thioether (sulfide) groups is 1. The number of aliphatic hydroxyl groups is 1. The number of aliphatic hydroxyl groups excluding tert-OH is 1. The predicted molar refractivity (Wildman–Crippen MR) is 79.6 cm³/mol. The van der Waals surface area contributed by atoms with Crippen molar-refractivity contribution in [2.75, 3.05) is 18.6 Å². The Hall–Kier alpha value is -0.760. The first-order valence-electron chi connectivity index (χ1n) is 6.44. The first-order chi connectivity index (χ1) is 9.56. The number of ether oxygens (including phenoxy) is 1. The topological polar surface area (TPSA) is 75.6 Å². The van der Waals surface area contributed by atoms with Crippen molar-refractivity contribution < 1.29 is 18.3 Å². The number of nitrogens with one attached hydrogen (secondary N) is 1. The molecule has 0 spiro atoms. The van der Waals surface area contributed by atoms with E-state index in [1.807, 2.05) is 0 Å². The van der Waals surface area contributed by atoms with Gasteiger partial charge in [0.1, 0.15) is 5.75 Å². The third-order valence-electron chi connectivity index (χ3n) is 3.21. The van der Waals surface area contributed by atoms with Gasteiger partial charge in [0, 0.05) is 17.4 Å². The molecule has 1 aliphatic rings. The maximum atomic E-state index is 12.3. The largest absolute Gasteiger partial charge is 0.496 e. The van der Waals surface area contributed by atoms with Crippen molar-refractivity contribution in [2.45, 2.75) is 30.4 Å². The van der Waals surface area contributed by atoms with Gasteiger partial charge in [0.25, 0.3) is 0 Å². The number of rotatable bonds is 5. The van der Waals surface area contributed by atoms with Crippen molar-refractivity contribution in [3.63, 3.8) is 0 Å². The molecule has 0 aliphatic carbocycles. The lowest BCUT2D eigenvalue weighted by molar-refractivity contribution is 0.273. The van der Waals surface area contributed by atoms with Crippen LogP contribution in [-0.2, 0) is 16.6 Å². The first-order valence-corrected chi connectivity index (χ1v) is 9.08. The van der Waals surface area contributed by atoms with E-state index in [1.54, 1.807) is 17.8 Å². The molecule has 1 heterocycles. The fourth-order valence-electron chi connectivity index (χ4n) is 2.17. The number of hydrogen-bond acceptors (Lipinski definition) is 5. The normalized spacial score (nSPS) is 19.8. The molecule has 2 rings (SSSR count). The summed E-state index contributed by atoms with van der Waals surface area (Å²) in [6.07, 6.45) is 1.90. The zero-order chi connectivity index (χ0) is 14.6. The monoisotopic (exact) mass is 317 g/mol. The van der Waals surface area contributed by atoms with Gasteiger partial charge in [-0.3, -0.25) is 0 Å². The van der Waals surface area contributed by atoms with Crippen LogP contribution in [0.5, 0.6) is 5.75 Å². The predicted octanol–water partition coefficient (Wildman–Crippen LogP) is 1.36. The van der Waals surface area contributed by atoms with Crippen LogP contribution in [0.3, 0.4) is 0 Å². The average Bonchev–Trinajstić information content (AvgIpc) is 2.47. The van der Waals surface area contributed by atoms with Gasteiger partial charge in [0.05, 0.1) is 18.6 Å². The van der Waals surface area contributed by atoms with Gasteiger partial charge in [0.2, 0.25) is 10.0 Å². The molecule has 1 fully saturated rings. The second-order valence-corrected chi connectivity index (χ2v) is 7.53. The van der Waals surface area contributed by atoms with Crippen LogP contribution in [0.25, 0.3) is 0 Å². The van der Waals surface area contributed by atoms with Gasteiger partial charge in [-0.05, 0) is 36.8 Å². The number of sulfonamides is 1. The summed E-state index contributed by atoms with van der Waals surface area (Å²) in [6, 6.07) is 4.50. The van der Waals surface area contributed by atoms with E-state index in [-0.39, 0.29) is 17.5 Å². The van der Waals surface area contributed by atoms with Gasteiger partial charge < -0.3 is 9.84 Å². The maximum absolute atomic E-state index is 12.3. The lowest BCUT2D eigenvalue weighted by Gasteiger charge is -2.22. The molecule has 2 N–H and O–H groups in total. The standard InChI is InChI=1S/C13H19NO4S2/c1-18-13-5-4-12(7-10(13)8-15)20(16,17)14-11-3-2-6-19-9-11/h4-5,7,11,14-15H,2-3,6,8-9H2,1H3. The molecular weight excluding hydrogens is 298 g/mol. The van der Waals surface area contributed by atoms with Gasteiger partial charge in [-0.2, -0.15) is 11.8 Å². The van der Waals surface area contributed by atoms with Crippen molar-refractivity contribution >= 4 is 21.8 Å². The van der Waals surface area contributed by atoms with Crippen LogP contribution in [0.4, 0.5) is 0 Å². The van der Waals surface area contributed by atoms with Gasteiger partial charge in [-0.1, -0.05) is 0 Å². The second kappa shape index (κ2) is 6.80. The maximum Gasteiger partial charge on any atom is 0.240 e. The van der Waals surface area contributed by atoms with Crippen LogP contribution < -0.4 is 9.46 Å². The highest BCUT2D eigenvalue weighted by atomic mass is 32.2. The van der Waals surface area contributed by atoms with E-state index in [4.69, 9.17) is 4.74 Å². The van der Waals surface area contributed by atoms with E-state index < -0.39 is 10.0 Å². The van der Waals surface area contributed by atoms with Crippen LogP contribution in [0.1, 0.15) is 18.4 Å². The molecule has 1 aromatic carbocycles. The van der Waals surface area contributed by atoms with E-state index in [2.05, 4.69) is 4.72 Å². The van der Waals surface area contributed by atoms with Crippen LogP contribution in [0.2, 0.25) is 0 Å². The molecule has 7 heteroatoms. The Morgan fingerprint density at radius 1 is 1.50 bits per heavy atom. The molecule has 0 aromatic heterocycles. The molecule has 5 nitrogen and oxygen atoms in total. The lowest BCUT2D eigenvalue weighted by atomic mass is 10.2. The molecule has 1 unspecified atom stereocenters. The summed E-state index contributed by atoms with van der Waals surface area (Å²) in [7, 11) is -2.06. The molecule has 1 atom stereocenters. The molecular formula is C13H19NO4S2. The SMILES string of the molecule is COc1ccc(S(=O)(=O)NC2CCCSC2)cc1CO. The molecule has 0 amide bonds. The third-order valence-corrected chi connectivity index (χ3v) is 5.95. The molecule has 0 radical (unpaired) electrons. The van der Waals surface area contributed by atoms with E-state index >= 15 is 0 Å². The summed E-state index contributed by atoms with van der Waals surface area (Å²) >= 11 is 1.77. The van der Waals surface area contributed by atoms with Crippen molar-refractivity contribution in [3.05, 3.63) is 23.8 Å². The van der Waals surface area contributed by atoms with Gasteiger partial charge >= 0.3 is 0 Å². The Bertz CT molecular complexity index is 553. The summed E-state index contributed by atoms with van der Waals surface area (Å²) in [5.74, 6) is 2.39. The van der Waals surface area contributed by atoms with Crippen molar-refractivity contribution in [3.8, 4) is 5.75 Å². The minimum atomic E-state index is -3.55. The first kappa shape index (κ1) is 15.6.